The van der Waals surface area contributed by atoms with Gasteiger partial charge in [0.15, 0.2) is 11.5 Å². The minimum atomic E-state index is -0.480. The second kappa shape index (κ2) is 8.55. The molecule has 2 amide bonds. The van der Waals surface area contributed by atoms with Crippen LogP contribution in [0.25, 0.3) is 11.0 Å². The molecule has 8 heteroatoms. The lowest BCUT2D eigenvalue weighted by Gasteiger charge is -2.12. The van der Waals surface area contributed by atoms with E-state index in [-0.39, 0.29) is 0 Å². The summed E-state index contributed by atoms with van der Waals surface area (Å²) in [6.45, 7) is 6.08. The lowest BCUT2D eigenvalue weighted by atomic mass is 10.1. The van der Waals surface area contributed by atoms with Gasteiger partial charge < -0.3 is 9.47 Å². The van der Waals surface area contributed by atoms with Crippen LogP contribution in [-0.4, -0.2) is 35.5 Å². The minimum Gasteiger partial charge on any atom is -0.493 e. The van der Waals surface area contributed by atoms with E-state index in [9.17, 15) is 9.59 Å². The molecule has 0 saturated heterocycles. The molecule has 3 rings (SSSR count). The monoisotopic (exact) mass is 394 g/mol. The molecule has 0 saturated carbocycles. The van der Waals surface area contributed by atoms with Crippen molar-refractivity contribution in [3.8, 4) is 11.5 Å². The maximum absolute atomic E-state index is 12.4. The summed E-state index contributed by atoms with van der Waals surface area (Å²) in [5.41, 5.74) is 8.44. The lowest BCUT2D eigenvalue weighted by Crippen LogP contribution is -2.41. The van der Waals surface area contributed by atoms with Crippen molar-refractivity contribution >= 4 is 22.8 Å². The normalized spacial score (nSPS) is 10.5. The van der Waals surface area contributed by atoms with E-state index in [1.54, 1.807) is 36.4 Å². The molecule has 0 spiro atoms. The van der Waals surface area contributed by atoms with Crippen molar-refractivity contribution < 1.29 is 19.1 Å². The second-order valence-electron chi connectivity index (χ2n) is 6.30. The quantitative estimate of drug-likeness (QED) is 0.645. The van der Waals surface area contributed by atoms with Crippen molar-refractivity contribution in [3.05, 3.63) is 58.9 Å². The third-order valence-corrected chi connectivity index (χ3v) is 4.35. The number of benzene rings is 2. The highest BCUT2D eigenvalue weighted by atomic mass is 16.5. The molecule has 0 unspecified atom stereocenters. The van der Waals surface area contributed by atoms with Crippen LogP contribution in [0.3, 0.4) is 0 Å². The number of hydrazine groups is 1. The van der Waals surface area contributed by atoms with Crippen LogP contribution in [-0.2, 0) is 0 Å². The van der Waals surface area contributed by atoms with Crippen LogP contribution in [0.5, 0.6) is 11.5 Å². The molecule has 0 fully saturated rings. The fourth-order valence-corrected chi connectivity index (χ4v) is 2.71. The topological polar surface area (TPSA) is 102 Å². The molecule has 8 nitrogen and oxygen atoms in total. The molecule has 0 aliphatic rings. The van der Waals surface area contributed by atoms with Gasteiger partial charge in [0.1, 0.15) is 0 Å². The van der Waals surface area contributed by atoms with E-state index in [1.807, 2.05) is 20.8 Å². The Hall–Kier alpha value is -3.68. The highest BCUT2D eigenvalue weighted by Gasteiger charge is 2.13. The van der Waals surface area contributed by atoms with Crippen LogP contribution in [0.1, 0.15) is 39.0 Å². The number of rotatable bonds is 5. The maximum atomic E-state index is 12.4. The van der Waals surface area contributed by atoms with Crippen LogP contribution in [0.2, 0.25) is 0 Å². The van der Waals surface area contributed by atoms with Gasteiger partial charge in [0.2, 0.25) is 0 Å². The number of methoxy groups -OCH3 is 1. The third-order valence-electron chi connectivity index (χ3n) is 4.35. The summed E-state index contributed by atoms with van der Waals surface area (Å²) < 4.78 is 10.7. The number of hydrogen-bond acceptors (Lipinski definition) is 6. The van der Waals surface area contributed by atoms with Crippen LogP contribution < -0.4 is 20.3 Å². The van der Waals surface area contributed by atoms with Gasteiger partial charge in [-0.3, -0.25) is 20.4 Å². The first-order valence-electron chi connectivity index (χ1n) is 9.09. The van der Waals surface area contributed by atoms with Gasteiger partial charge in [-0.25, -0.2) is 9.97 Å². The van der Waals surface area contributed by atoms with Gasteiger partial charge in [-0.15, -0.1) is 0 Å². The zero-order chi connectivity index (χ0) is 21.0. The van der Waals surface area contributed by atoms with Gasteiger partial charge in [-0.2, -0.15) is 0 Å². The van der Waals surface area contributed by atoms with Gasteiger partial charge in [0.25, 0.3) is 11.8 Å². The number of ether oxygens (including phenoxy) is 2. The number of carbonyl (C=O) groups excluding carboxylic acids is 2. The van der Waals surface area contributed by atoms with Gasteiger partial charge >= 0.3 is 0 Å². The number of amides is 2. The summed E-state index contributed by atoms with van der Waals surface area (Å²) in [5, 5.41) is 0. The number of hydrogen-bond donors (Lipinski definition) is 2. The van der Waals surface area contributed by atoms with Crippen molar-refractivity contribution in [2.24, 2.45) is 0 Å². The molecule has 2 aromatic carbocycles. The molecule has 0 bridgehead atoms. The molecule has 0 aliphatic carbocycles. The highest BCUT2D eigenvalue weighted by Crippen LogP contribution is 2.27. The fraction of sp³-hybridized carbons (Fsp3) is 0.238. The molecule has 0 aliphatic heterocycles. The van der Waals surface area contributed by atoms with Gasteiger partial charge in [-0.1, -0.05) is 0 Å². The first-order valence-corrected chi connectivity index (χ1v) is 9.09. The van der Waals surface area contributed by atoms with E-state index >= 15 is 0 Å². The number of aryl methyl sites for hydroxylation is 2. The summed E-state index contributed by atoms with van der Waals surface area (Å²) in [5.74, 6) is 0.0351. The van der Waals surface area contributed by atoms with Crippen molar-refractivity contribution in [1.29, 1.82) is 0 Å². The zero-order valence-corrected chi connectivity index (χ0v) is 16.7. The van der Waals surface area contributed by atoms with Gasteiger partial charge in [0, 0.05) is 11.1 Å². The van der Waals surface area contributed by atoms with Crippen LogP contribution in [0, 0.1) is 13.8 Å². The zero-order valence-electron chi connectivity index (χ0n) is 16.7. The number of fused-ring (bicyclic) bond motifs is 1. The average Bonchev–Trinajstić information content (AvgIpc) is 2.72. The molecule has 29 heavy (non-hydrogen) atoms. The largest absolute Gasteiger partial charge is 0.493 e. The predicted molar refractivity (Wildman–Crippen MR) is 108 cm³/mol. The molecule has 0 radical (unpaired) electrons. The first kappa shape index (κ1) is 20.1. The van der Waals surface area contributed by atoms with Crippen molar-refractivity contribution in [2.75, 3.05) is 13.7 Å². The summed E-state index contributed by atoms with van der Waals surface area (Å²) >= 11 is 0. The van der Waals surface area contributed by atoms with Crippen LogP contribution in [0.4, 0.5) is 0 Å². The summed E-state index contributed by atoms with van der Waals surface area (Å²) in [4.78, 5) is 33.7. The Labute approximate surface area is 168 Å². The summed E-state index contributed by atoms with van der Waals surface area (Å²) in [6.07, 6.45) is 0. The van der Waals surface area contributed by atoms with E-state index < -0.39 is 11.8 Å². The number of nitrogens with zero attached hydrogens (tertiary/aromatic N) is 2. The summed E-state index contributed by atoms with van der Waals surface area (Å²) in [6, 6.07) is 9.77. The number of carbonyl (C=O) groups is 2. The molecule has 1 heterocycles. The average molecular weight is 394 g/mol. The number of nitrogens with one attached hydrogen (secondary N) is 2. The second-order valence-corrected chi connectivity index (χ2v) is 6.30. The Kier molecular flexibility index (Phi) is 5.92. The lowest BCUT2D eigenvalue weighted by molar-refractivity contribution is 0.0846. The van der Waals surface area contributed by atoms with E-state index in [0.717, 1.165) is 11.4 Å². The van der Waals surface area contributed by atoms with Gasteiger partial charge in [0.05, 0.1) is 36.1 Å². The maximum Gasteiger partial charge on any atom is 0.269 e. The van der Waals surface area contributed by atoms with E-state index in [1.165, 1.54) is 7.11 Å². The predicted octanol–water partition coefficient (Wildman–Crippen LogP) is 2.73. The smallest absolute Gasteiger partial charge is 0.269 e. The van der Waals surface area contributed by atoms with Crippen LogP contribution in [0.15, 0.2) is 36.4 Å². The Balaban J connectivity index is 1.71. The molecular formula is C21H22N4O4. The SMILES string of the molecule is CCOc1ccc(C(=O)NNC(=O)c2ccc3nc(C)c(C)nc3c2)cc1OC. The summed E-state index contributed by atoms with van der Waals surface area (Å²) in [7, 11) is 1.49. The van der Waals surface area contributed by atoms with E-state index in [0.29, 0.717) is 40.3 Å². The van der Waals surface area contributed by atoms with E-state index in [4.69, 9.17) is 9.47 Å². The standard InChI is InChI=1S/C21H22N4O4/c1-5-29-18-9-7-15(11-19(18)28-4)21(27)25-24-20(26)14-6-8-16-17(10-14)23-13(3)12(2)22-16/h6-11H,5H2,1-4H3,(H,24,26)(H,25,27). The Morgan fingerprint density at radius 2 is 1.45 bits per heavy atom. The molecule has 0 atom stereocenters. The highest BCUT2D eigenvalue weighted by molar-refractivity contribution is 6.00. The molecule has 2 N–H and O–H groups in total. The van der Waals surface area contributed by atoms with Crippen molar-refractivity contribution in [3.63, 3.8) is 0 Å². The van der Waals surface area contributed by atoms with Gasteiger partial charge in [-0.05, 0) is 57.2 Å². The first-order chi connectivity index (χ1) is 13.9. The molecule has 3 aromatic rings. The van der Waals surface area contributed by atoms with Crippen molar-refractivity contribution in [2.45, 2.75) is 20.8 Å². The van der Waals surface area contributed by atoms with Crippen LogP contribution >= 0.6 is 0 Å². The third kappa shape index (κ3) is 4.43. The Morgan fingerprint density at radius 1 is 0.862 bits per heavy atom. The fourth-order valence-electron chi connectivity index (χ4n) is 2.71. The molecule has 150 valence electrons. The van der Waals surface area contributed by atoms with E-state index in [2.05, 4.69) is 20.8 Å². The Morgan fingerprint density at radius 3 is 2.07 bits per heavy atom. The minimum absolute atomic E-state index is 0.320. The van der Waals surface area contributed by atoms with Crippen molar-refractivity contribution in [1.82, 2.24) is 20.8 Å². The Bertz CT molecular complexity index is 1080. The molecule has 1 aromatic heterocycles. The molecular weight excluding hydrogens is 372 g/mol. The number of aromatic nitrogens is 2.